The lowest BCUT2D eigenvalue weighted by Gasteiger charge is -2.53. The standard InChI is InChI=1S/C41H35FN6O4S/c1-25-18-32(37(43-21-25)46-23-41(24-46)12-16-52-17-13-41)39(50)45-29-8-5-26(6-9-29)40(51)48-15-11-27-19-34(53-36(27)31-10-7-28(42)20-33(31)48)35(49)38-44-22-30-4-2-3-14-47(30)38/h2-10,14,18-22H,11-13,15-17,23-24H2,1H3,(H,45,50). The van der Waals surface area contributed by atoms with Crippen molar-refractivity contribution in [3.05, 3.63) is 130 Å². The van der Waals surface area contributed by atoms with E-state index >= 15 is 0 Å². The van der Waals surface area contributed by atoms with E-state index < -0.39 is 5.82 Å². The van der Waals surface area contributed by atoms with Gasteiger partial charge in [0.1, 0.15) is 11.6 Å². The van der Waals surface area contributed by atoms with Crippen molar-refractivity contribution in [3.8, 4) is 10.4 Å². The summed E-state index contributed by atoms with van der Waals surface area (Å²) in [5.41, 5.74) is 5.40. The Kier molecular flexibility index (Phi) is 8.16. The van der Waals surface area contributed by atoms with Gasteiger partial charge in [0.2, 0.25) is 5.78 Å². The summed E-state index contributed by atoms with van der Waals surface area (Å²) in [6.45, 7) is 5.44. The van der Waals surface area contributed by atoms with Crippen LogP contribution in [0.2, 0.25) is 0 Å². The van der Waals surface area contributed by atoms with Crippen molar-refractivity contribution < 1.29 is 23.5 Å². The molecule has 2 aromatic carbocycles. The first-order chi connectivity index (χ1) is 25.7. The van der Waals surface area contributed by atoms with Crippen LogP contribution in [0.5, 0.6) is 0 Å². The molecule has 6 aromatic rings. The van der Waals surface area contributed by atoms with Crippen LogP contribution in [0.25, 0.3) is 16.0 Å². The normalized spacial score (nSPS) is 16.1. The van der Waals surface area contributed by atoms with E-state index in [1.807, 2.05) is 43.5 Å². The smallest absolute Gasteiger partial charge is 0.259 e. The zero-order valence-electron chi connectivity index (χ0n) is 29.0. The SMILES string of the molecule is Cc1cnc(N2CC3(CCOCC3)C2)c(C(=O)Nc2ccc(C(=O)N3CCc4cc(C(=O)c5ncc6ccccn56)sc4-c4ccc(F)cc43)cc2)c1. The maximum atomic E-state index is 14.8. The number of aryl methyl sites for hydroxylation is 1. The van der Waals surface area contributed by atoms with Gasteiger partial charge in [0, 0.05) is 72.3 Å². The lowest BCUT2D eigenvalue weighted by molar-refractivity contribution is -0.000511. The molecule has 10 nitrogen and oxygen atoms in total. The number of ketones is 1. The molecule has 7 heterocycles. The van der Waals surface area contributed by atoms with Crippen LogP contribution >= 0.6 is 11.3 Å². The fraction of sp³-hybridized carbons (Fsp3) is 0.244. The number of aromatic nitrogens is 3. The number of hydrogen-bond acceptors (Lipinski definition) is 8. The number of hydrogen-bond donors (Lipinski definition) is 1. The molecule has 0 radical (unpaired) electrons. The molecule has 0 atom stereocenters. The summed E-state index contributed by atoms with van der Waals surface area (Å²) < 4.78 is 22.1. The van der Waals surface area contributed by atoms with Gasteiger partial charge >= 0.3 is 0 Å². The highest BCUT2D eigenvalue weighted by Crippen LogP contribution is 2.44. The van der Waals surface area contributed by atoms with Gasteiger partial charge in [-0.25, -0.2) is 14.4 Å². The van der Waals surface area contributed by atoms with Gasteiger partial charge in [-0.3, -0.25) is 18.8 Å². The Bertz CT molecular complexity index is 2420. The highest BCUT2D eigenvalue weighted by molar-refractivity contribution is 7.17. The number of benzene rings is 2. The number of thiophene rings is 1. The quantitative estimate of drug-likeness (QED) is 0.181. The molecule has 1 spiro atoms. The van der Waals surface area contributed by atoms with Crippen LogP contribution in [-0.4, -0.2) is 64.8 Å². The molecular weight excluding hydrogens is 692 g/mol. The molecule has 0 saturated carbocycles. The summed E-state index contributed by atoms with van der Waals surface area (Å²) in [6, 6.07) is 20.5. The number of rotatable bonds is 6. The second-order valence-electron chi connectivity index (χ2n) is 14.1. The number of nitrogens with zero attached hydrogens (tertiary/aromatic N) is 5. The molecule has 0 unspecified atom stereocenters. The average Bonchev–Trinajstić information content (AvgIpc) is 3.76. The van der Waals surface area contributed by atoms with Crippen molar-refractivity contribution >= 4 is 51.6 Å². The molecule has 0 aliphatic carbocycles. The zero-order valence-corrected chi connectivity index (χ0v) is 29.8. The number of ether oxygens (including phenoxy) is 1. The second-order valence-corrected chi connectivity index (χ2v) is 15.2. The molecular formula is C41H35FN6O4S. The molecule has 12 heteroatoms. The van der Waals surface area contributed by atoms with Crippen molar-refractivity contribution in [2.24, 2.45) is 5.41 Å². The number of pyridine rings is 2. The Morgan fingerprint density at radius 2 is 1.75 bits per heavy atom. The first-order valence-electron chi connectivity index (χ1n) is 17.7. The third kappa shape index (κ3) is 5.97. The van der Waals surface area contributed by atoms with E-state index in [-0.39, 0.29) is 29.6 Å². The van der Waals surface area contributed by atoms with Crippen molar-refractivity contribution in [2.45, 2.75) is 26.2 Å². The third-order valence-electron chi connectivity index (χ3n) is 10.6. The number of anilines is 3. The molecule has 4 aromatic heterocycles. The minimum absolute atomic E-state index is 0.197. The van der Waals surface area contributed by atoms with Crippen LogP contribution in [0.4, 0.5) is 21.6 Å². The predicted octanol–water partition coefficient (Wildman–Crippen LogP) is 7.21. The van der Waals surface area contributed by atoms with Gasteiger partial charge in [0.15, 0.2) is 5.82 Å². The Hall–Kier alpha value is -5.72. The largest absolute Gasteiger partial charge is 0.381 e. The third-order valence-corrected chi connectivity index (χ3v) is 11.8. The van der Waals surface area contributed by atoms with Gasteiger partial charge in [0.05, 0.1) is 27.8 Å². The van der Waals surface area contributed by atoms with Crippen LogP contribution in [-0.2, 0) is 11.2 Å². The van der Waals surface area contributed by atoms with E-state index in [1.165, 1.54) is 23.5 Å². The first kappa shape index (κ1) is 33.1. The highest BCUT2D eigenvalue weighted by atomic mass is 32.1. The molecule has 2 fully saturated rings. The predicted molar refractivity (Wildman–Crippen MR) is 202 cm³/mol. The van der Waals surface area contributed by atoms with Gasteiger partial charge in [-0.2, -0.15) is 0 Å². The number of fused-ring (bicyclic) bond motifs is 4. The number of nitrogens with one attached hydrogen (secondary N) is 1. The molecule has 9 rings (SSSR count). The first-order valence-corrected chi connectivity index (χ1v) is 18.5. The van der Waals surface area contributed by atoms with Crippen molar-refractivity contribution in [1.82, 2.24) is 14.4 Å². The number of carbonyl (C=O) groups excluding carboxylic acids is 3. The van der Waals surface area contributed by atoms with Crippen LogP contribution in [0, 0.1) is 18.2 Å². The van der Waals surface area contributed by atoms with Gasteiger partial charge in [-0.15, -0.1) is 11.3 Å². The minimum Gasteiger partial charge on any atom is -0.381 e. The van der Waals surface area contributed by atoms with Gasteiger partial charge in [-0.05, 0) is 104 Å². The summed E-state index contributed by atoms with van der Waals surface area (Å²) in [5.74, 6) is -0.240. The number of imidazole rings is 1. The average molecular weight is 727 g/mol. The number of carbonyl (C=O) groups is 3. The fourth-order valence-electron chi connectivity index (χ4n) is 7.73. The Balaban J connectivity index is 0.936. The zero-order chi connectivity index (χ0) is 36.3. The van der Waals surface area contributed by atoms with Crippen LogP contribution in [0.1, 0.15) is 60.2 Å². The molecule has 1 N–H and O–H groups in total. The summed E-state index contributed by atoms with van der Waals surface area (Å²) >= 11 is 1.33. The van der Waals surface area contributed by atoms with Crippen LogP contribution < -0.4 is 15.1 Å². The molecule has 3 aliphatic heterocycles. The van der Waals surface area contributed by atoms with Crippen molar-refractivity contribution in [3.63, 3.8) is 0 Å². The van der Waals surface area contributed by atoms with E-state index in [2.05, 4.69) is 20.2 Å². The summed E-state index contributed by atoms with van der Waals surface area (Å²) in [7, 11) is 0. The van der Waals surface area contributed by atoms with Gasteiger partial charge < -0.3 is 19.9 Å². The highest BCUT2D eigenvalue weighted by Gasteiger charge is 2.45. The molecule has 2 saturated heterocycles. The summed E-state index contributed by atoms with van der Waals surface area (Å²) in [5, 5.41) is 2.99. The lowest BCUT2D eigenvalue weighted by Crippen LogP contribution is -2.59. The van der Waals surface area contributed by atoms with Crippen molar-refractivity contribution in [2.75, 3.05) is 48.0 Å². The molecule has 53 heavy (non-hydrogen) atoms. The van der Waals surface area contributed by atoms with E-state index in [1.54, 1.807) is 52.0 Å². The molecule has 266 valence electrons. The second kappa shape index (κ2) is 13.0. The lowest BCUT2D eigenvalue weighted by atomic mass is 9.73. The molecule has 2 amide bonds. The van der Waals surface area contributed by atoms with E-state index in [9.17, 15) is 18.8 Å². The van der Waals surface area contributed by atoms with E-state index in [0.717, 1.165) is 60.7 Å². The number of halogens is 1. The Labute approximate surface area is 308 Å². The maximum Gasteiger partial charge on any atom is 0.259 e. The van der Waals surface area contributed by atoms with Crippen molar-refractivity contribution in [1.29, 1.82) is 0 Å². The number of amides is 2. The Morgan fingerprint density at radius 1 is 0.943 bits per heavy atom. The van der Waals surface area contributed by atoms with E-state index in [4.69, 9.17) is 4.74 Å². The monoisotopic (exact) mass is 726 g/mol. The van der Waals surface area contributed by atoms with Crippen LogP contribution in [0.3, 0.4) is 0 Å². The van der Waals surface area contributed by atoms with Gasteiger partial charge in [-0.1, -0.05) is 6.07 Å². The molecule has 0 bridgehead atoms. The fourth-order valence-corrected chi connectivity index (χ4v) is 8.91. The van der Waals surface area contributed by atoms with Gasteiger partial charge in [0.25, 0.3) is 11.8 Å². The topological polar surface area (TPSA) is 109 Å². The molecule has 3 aliphatic rings. The van der Waals surface area contributed by atoms with Crippen LogP contribution in [0.15, 0.2) is 91.4 Å². The summed E-state index contributed by atoms with van der Waals surface area (Å²) in [6.07, 6.45) is 7.76. The van der Waals surface area contributed by atoms with E-state index in [0.29, 0.717) is 51.0 Å². The minimum atomic E-state index is -0.467. The summed E-state index contributed by atoms with van der Waals surface area (Å²) in [4.78, 5) is 55.4. The maximum absolute atomic E-state index is 14.8. The Morgan fingerprint density at radius 3 is 2.57 bits per heavy atom.